The summed E-state index contributed by atoms with van der Waals surface area (Å²) in [5.74, 6) is -0.482. The van der Waals surface area contributed by atoms with Crippen LogP contribution in [0.1, 0.15) is 23.6 Å². The van der Waals surface area contributed by atoms with E-state index in [9.17, 15) is 24.8 Å². The van der Waals surface area contributed by atoms with Gasteiger partial charge < -0.3 is 10.5 Å². The summed E-state index contributed by atoms with van der Waals surface area (Å²) in [6.45, 7) is 0. The fourth-order valence-electron chi connectivity index (χ4n) is 2.51. The second-order valence-corrected chi connectivity index (χ2v) is 5.31. The van der Waals surface area contributed by atoms with E-state index < -0.39 is 22.1 Å². The molecule has 2 aromatic rings. The highest BCUT2D eigenvalue weighted by atomic mass is 16.6. The van der Waals surface area contributed by atoms with Crippen LogP contribution in [0.25, 0.3) is 0 Å². The third-order valence-electron chi connectivity index (χ3n) is 3.82. The van der Waals surface area contributed by atoms with Gasteiger partial charge in [0.1, 0.15) is 5.56 Å². The zero-order valence-corrected chi connectivity index (χ0v) is 12.5. The van der Waals surface area contributed by atoms with Crippen LogP contribution in [0.3, 0.4) is 0 Å². The number of nitro groups is 1. The number of aromatic amines is 1. The van der Waals surface area contributed by atoms with Crippen molar-refractivity contribution in [3.8, 4) is 5.88 Å². The molecule has 1 unspecified atom stereocenters. The van der Waals surface area contributed by atoms with Crippen LogP contribution in [0.4, 0.5) is 5.69 Å². The van der Waals surface area contributed by atoms with Gasteiger partial charge in [0.25, 0.3) is 11.2 Å². The molecule has 0 aliphatic carbocycles. The number of hydrazone groups is 1. The lowest BCUT2D eigenvalue weighted by atomic mass is 9.99. The average Bonchev–Trinajstić information content (AvgIpc) is 3.02. The van der Waals surface area contributed by atoms with Gasteiger partial charge >= 0.3 is 5.69 Å². The van der Waals surface area contributed by atoms with E-state index in [4.69, 9.17) is 0 Å². The summed E-state index contributed by atoms with van der Waals surface area (Å²) in [5, 5.41) is 24.9. The van der Waals surface area contributed by atoms with Gasteiger partial charge in [-0.2, -0.15) is 5.10 Å². The molecule has 0 spiro atoms. The number of hydrogen-bond acceptors (Lipinski definition) is 7. The van der Waals surface area contributed by atoms with Crippen LogP contribution in [0.2, 0.25) is 0 Å². The van der Waals surface area contributed by atoms with Crippen molar-refractivity contribution in [2.24, 2.45) is 12.1 Å². The molecule has 0 saturated carbocycles. The maximum atomic E-state index is 12.0. The summed E-state index contributed by atoms with van der Waals surface area (Å²) in [6, 6.07) is 5.68. The van der Waals surface area contributed by atoms with Gasteiger partial charge in [0, 0.05) is 25.6 Å². The molecular formula is C14H13N5O5. The molecule has 24 heavy (non-hydrogen) atoms. The van der Waals surface area contributed by atoms with Crippen molar-refractivity contribution >= 4 is 11.4 Å². The first-order chi connectivity index (χ1) is 11.4. The monoisotopic (exact) mass is 331 g/mol. The van der Waals surface area contributed by atoms with E-state index in [1.807, 2.05) is 0 Å². The largest absolute Gasteiger partial charge is 0.494 e. The van der Waals surface area contributed by atoms with Crippen molar-refractivity contribution in [1.82, 2.24) is 15.0 Å². The predicted molar refractivity (Wildman–Crippen MR) is 84.1 cm³/mol. The minimum absolute atomic E-state index is 0.0504. The van der Waals surface area contributed by atoms with Gasteiger partial charge in [0.15, 0.2) is 0 Å². The Morgan fingerprint density at radius 2 is 2.17 bits per heavy atom. The molecule has 10 heteroatoms. The fourth-order valence-corrected chi connectivity index (χ4v) is 2.51. The molecule has 3 rings (SSSR count). The molecule has 3 N–H and O–H groups in total. The van der Waals surface area contributed by atoms with E-state index in [1.165, 1.54) is 19.2 Å². The van der Waals surface area contributed by atoms with Crippen LogP contribution in [0.5, 0.6) is 5.88 Å². The van der Waals surface area contributed by atoms with Crippen molar-refractivity contribution in [1.29, 1.82) is 0 Å². The van der Waals surface area contributed by atoms with Gasteiger partial charge in [0.2, 0.25) is 5.88 Å². The van der Waals surface area contributed by atoms with E-state index >= 15 is 0 Å². The second kappa shape index (κ2) is 5.65. The third kappa shape index (κ3) is 2.53. The molecule has 2 heterocycles. The maximum Gasteiger partial charge on any atom is 0.330 e. The molecule has 124 valence electrons. The molecular weight excluding hydrogens is 318 g/mol. The van der Waals surface area contributed by atoms with Gasteiger partial charge in [-0.25, -0.2) is 4.79 Å². The van der Waals surface area contributed by atoms with Crippen LogP contribution in [0, 0.1) is 10.1 Å². The van der Waals surface area contributed by atoms with Crippen molar-refractivity contribution in [3.05, 3.63) is 66.3 Å². The number of hydrogen-bond donors (Lipinski definition) is 3. The third-order valence-corrected chi connectivity index (χ3v) is 3.82. The summed E-state index contributed by atoms with van der Waals surface area (Å²) in [5.41, 5.74) is 2.06. The maximum absolute atomic E-state index is 12.0. The summed E-state index contributed by atoms with van der Waals surface area (Å²) in [7, 11) is 1.32. The van der Waals surface area contributed by atoms with Crippen molar-refractivity contribution in [2.45, 2.75) is 12.5 Å². The molecule has 1 atom stereocenters. The van der Waals surface area contributed by atoms with Crippen LogP contribution in [-0.2, 0) is 7.05 Å². The summed E-state index contributed by atoms with van der Waals surface area (Å²) in [4.78, 5) is 35.9. The van der Waals surface area contributed by atoms with Gasteiger partial charge in [0.05, 0.1) is 16.7 Å². The van der Waals surface area contributed by atoms with Gasteiger partial charge in [-0.1, -0.05) is 12.1 Å². The molecule has 1 aliphatic rings. The average molecular weight is 331 g/mol. The minimum atomic E-state index is -0.740. The fraction of sp³-hybridized carbons (Fsp3) is 0.214. The summed E-state index contributed by atoms with van der Waals surface area (Å²) < 4.78 is 0.903. The molecule has 0 saturated heterocycles. The SMILES string of the molecule is Cn1c(O)c(C2=NNC(c3cccc([N+](=O)[O-])c3)C2)c(=O)[nH]c1=O. The molecule has 0 bridgehead atoms. The molecule has 1 aliphatic heterocycles. The van der Waals surface area contributed by atoms with Crippen LogP contribution in [-0.4, -0.2) is 25.3 Å². The Kier molecular flexibility index (Phi) is 3.64. The highest BCUT2D eigenvalue weighted by Crippen LogP contribution is 2.27. The molecule has 0 amide bonds. The molecule has 10 nitrogen and oxygen atoms in total. The molecule has 1 aromatic carbocycles. The molecule has 0 fully saturated rings. The number of aromatic hydroxyl groups is 1. The number of nitrogens with one attached hydrogen (secondary N) is 2. The lowest BCUT2D eigenvalue weighted by molar-refractivity contribution is -0.384. The summed E-state index contributed by atoms with van der Waals surface area (Å²) in [6.07, 6.45) is 0.232. The number of benzene rings is 1. The van der Waals surface area contributed by atoms with E-state index in [2.05, 4.69) is 15.5 Å². The number of non-ortho nitro benzene ring substituents is 1. The van der Waals surface area contributed by atoms with Crippen LogP contribution < -0.4 is 16.7 Å². The van der Waals surface area contributed by atoms with Gasteiger partial charge in [-0.3, -0.25) is 24.5 Å². The standard InChI is InChI=1S/C14H13N5O5/c1-18-13(21)11(12(20)15-14(18)22)10-6-9(16-17-10)7-3-2-4-8(5-7)19(23)24/h2-5,9,16,21H,6H2,1H3,(H,15,20,22). The van der Waals surface area contributed by atoms with Crippen molar-refractivity contribution in [3.63, 3.8) is 0 Å². The van der Waals surface area contributed by atoms with Crippen LogP contribution in [0.15, 0.2) is 39.0 Å². The lowest BCUT2D eigenvalue weighted by Gasteiger charge is -2.10. The Morgan fingerprint density at radius 1 is 1.42 bits per heavy atom. The molecule has 1 aromatic heterocycles. The zero-order valence-electron chi connectivity index (χ0n) is 12.5. The zero-order chi connectivity index (χ0) is 17.4. The number of aromatic nitrogens is 2. The number of rotatable bonds is 3. The first-order valence-corrected chi connectivity index (χ1v) is 6.97. The topological polar surface area (TPSA) is 143 Å². The Bertz CT molecular complexity index is 974. The predicted octanol–water partition coefficient (Wildman–Crippen LogP) is 0.126. The summed E-state index contributed by atoms with van der Waals surface area (Å²) >= 11 is 0. The highest BCUT2D eigenvalue weighted by molar-refractivity contribution is 6.03. The van der Waals surface area contributed by atoms with E-state index in [-0.39, 0.29) is 29.4 Å². The highest BCUT2D eigenvalue weighted by Gasteiger charge is 2.27. The first kappa shape index (κ1) is 15.5. The minimum Gasteiger partial charge on any atom is -0.494 e. The Balaban J connectivity index is 1.93. The van der Waals surface area contributed by atoms with E-state index in [1.54, 1.807) is 12.1 Å². The normalized spacial score (nSPS) is 16.5. The van der Waals surface area contributed by atoms with Gasteiger partial charge in [-0.05, 0) is 5.56 Å². The second-order valence-electron chi connectivity index (χ2n) is 5.31. The van der Waals surface area contributed by atoms with E-state index in [0.29, 0.717) is 5.56 Å². The number of nitrogens with zero attached hydrogens (tertiary/aromatic N) is 3. The number of nitro benzene ring substituents is 1. The van der Waals surface area contributed by atoms with Crippen molar-refractivity contribution in [2.75, 3.05) is 0 Å². The smallest absolute Gasteiger partial charge is 0.330 e. The Hall–Kier alpha value is -3.43. The quantitative estimate of drug-likeness (QED) is 0.539. The lowest BCUT2D eigenvalue weighted by Crippen LogP contribution is -2.32. The number of H-pyrrole nitrogens is 1. The molecule has 0 radical (unpaired) electrons. The van der Waals surface area contributed by atoms with Crippen molar-refractivity contribution < 1.29 is 10.0 Å². The van der Waals surface area contributed by atoms with E-state index in [0.717, 1.165) is 4.57 Å². The van der Waals surface area contributed by atoms with Crippen LogP contribution >= 0.6 is 0 Å². The van der Waals surface area contributed by atoms with Gasteiger partial charge in [-0.15, -0.1) is 0 Å². The Labute approximate surface area is 134 Å². The first-order valence-electron chi connectivity index (χ1n) is 6.97. The Morgan fingerprint density at radius 3 is 2.88 bits per heavy atom.